The number of carboxylic acids is 1. The van der Waals surface area contributed by atoms with Gasteiger partial charge in [-0.2, -0.15) is 0 Å². The molecule has 0 radical (unpaired) electrons. The fourth-order valence-corrected chi connectivity index (χ4v) is 2.10. The molecular formula is C14H16N2O3. The molecule has 0 fully saturated rings. The summed E-state index contributed by atoms with van der Waals surface area (Å²) >= 11 is 0. The van der Waals surface area contributed by atoms with Crippen molar-refractivity contribution in [3.8, 4) is 0 Å². The number of hydrogen-bond acceptors (Lipinski definition) is 2. The zero-order valence-corrected chi connectivity index (χ0v) is 10.6. The lowest BCUT2D eigenvalue weighted by Gasteiger charge is -2.18. The van der Waals surface area contributed by atoms with Gasteiger partial charge in [0, 0.05) is 18.8 Å². The van der Waals surface area contributed by atoms with E-state index in [9.17, 15) is 9.59 Å². The predicted molar refractivity (Wildman–Crippen MR) is 72.7 cm³/mol. The highest BCUT2D eigenvalue weighted by atomic mass is 16.4. The lowest BCUT2D eigenvalue weighted by Crippen LogP contribution is -2.39. The molecule has 5 nitrogen and oxygen atoms in total. The molecule has 100 valence electrons. The van der Waals surface area contributed by atoms with E-state index < -0.39 is 5.97 Å². The molecule has 5 heteroatoms. The minimum absolute atomic E-state index is 0.192. The van der Waals surface area contributed by atoms with E-state index in [0.29, 0.717) is 25.2 Å². The second kappa shape index (κ2) is 5.56. The van der Waals surface area contributed by atoms with Crippen LogP contribution in [0.3, 0.4) is 0 Å². The summed E-state index contributed by atoms with van der Waals surface area (Å²) in [4.78, 5) is 24.5. The van der Waals surface area contributed by atoms with Crippen molar-refractivity contribution in [2.45, 2.75) is 12.8 Å². The molecule has 0 atom stereocenters. The van der Waals surface area contributed by atoms with E-state index >= 15 is 0 Å². The van der Waals surface area contributed by atoms with Gasteiger partial charge in [-0.25, -0.2) is 9.59 Å². The summed E-state index contributed by atoms with van der Waals surface area (Å²) in [6.07, 6.45) is 3.20. The first-order chi connectivity index (χ1) is 9.13. The normalized spacial score (nSPS) is 12.9. The number of nitrogens with zero attached hydrogens (tertiary/aromatic N) is 1. The monoisotopic (exact) mass is 260 g/mol. The number of rotatable bonds is 4. The van der Waals surface area contributed by atoms with Crippen molar-refractivity contribution >= 4 is 17.7 Å². The Morgan fingerprint density at radius 2 is 2.26 bits per heavy atom. The maximum Gasteiger partial charge on any atom is 0.335 e. The molecule has 1 aromatic rings. The van der Waals surface area contributed by atoms with Gasteiger partial charge in [-0.1, -0.05) is 12.1 Å². The third kappa shape index (κ3) is 2.76. The van der Waals surface area contributed by atoms with Crippen molar-refractivity contribution in [1.29, 1.82) is 0 Å². The van der Waals surface area contributed by atoms with Crippen molar-refractivity contribution < 1.29 is 14.7 Å². The predicted octanol–water partition coefficient (Wildman–Crippen LogP) is 2.03. The third-order valence-electron chi connectivity index (χ3n) is 3.10. The molecule has 0 bridgehead atoms. The summed E-state index contributed by atoms with van der Waals surface area (Å²) in [5, 5.41) is 11.8. The van der Waals surface area contributed by atoms with Crippen LogP contribution in [-0.2, 0) is 6.42 Å². The van der Waals surface area contributed by atoms with Crippen LogP contribution in [0.1, 0.15) is 22.3 Å². The molecule has 19 heavy (non-hydrogen) atoms. The number of fused-ring (bicyclic) bond motifs is 1. The maximum atomic E-state index is 12.0. The van der Waals surface area contributed by atoms with Crippen molar-refractivity contribution in [2.75, 3.05) is 18.0 Å². The van der Waals surface area contributed by atoms with Crippen LogP contribution < -0.4 is 10.2 Å². The summed E-state index contributed by atoms with van der Waals surface area (Å²) in [6, 6.07) is 4.71. The van der Waals surface area contributed by atoms with E-state index in [-0.39, 0.29) is 11.6 Å². The SMILES string of the molecule is C=CCCNC(=O)N1CCc2ccc(C(=O)O)cc21. The van der Waals surface area contributed by atoms with E-state index in [1.54, 1.807) is 29.2 Å². The van der Waals surface area contributed by atoms with Gasteiger partial charge >= 0.3 is 12.0 Å². The minimum atomic E-state index is -0.985. The van der Waals surface area contributed by atoms with Crippen LogP contribution in [0, 0.1) is 0 Å². The third-order valence-corrected chi connectivity index (χ3v) is 3.10. The van der Waals surface area contributed by atoms with Gasteiger partial charge in [-0.15, -0.1) is 6.58 Å². The number of urea groups is 1. The van der Waals surface area contributed by atoms with Crippen LogP contribution in [-0.4, -0.2) is 30.2 Å². The molecule has 1 heterocycles. The Labute approximate surface area is 111 Å². The van der Waals surface area contributed by atoms with E-state index in [4.69, 9.17) is 5.11 Å². The number of carbonyl (C=O) groups excluding carboxylic acids is 1. The van der Waals surface area contributed by atoms with Gasteiger partial charge in [0.05, 0.1) is 5.56 Å². The number of benzene rings is 1. The minimum Gasteiger partial charge on any atom is -0.478 e. The topological polar surface area (TPSA) is 69.6 Å². The Balaban J connectivity index is 2.15. The summed E-state index contributed by atoms with van der Waals surface area (Å²) in [5.74, 6) is -0.985. The van der Waals surface area contributed by atoms with E-state index in [1.165, 1.54) is 0 Å². The molecule has 0 unspecified atom stereocenters. The molecule has 2 rings (SSSR count). The van der Waals surface area contributed by atoms with Gasteiger partial charge in [0.25, 0.3) is 0 Å². The summed E-state index contributed by atoms with van der Waals surface area (Å²) in [5.41, 5.74) is 1.89. The molecule has 1 aromatic carbocycles. The van der Waals surface area contributed by atoms with Gasteiger partial charge in [-0.05, 0) is 30.5 Å². The average molecular weight is 260 g/mol. The highest BCUT2D eigenvalue weighted by Crippen LogP contribution is 2.29. The molecule has 0 spiro atoms. The highest BCUT2D eigenvalue weighted by molar-refractivity contribution is 5.96. The molecule has 2 N–H and O–H groups in total. The van der Waals surface area contributed by atoms with E-state index in [1.807, 2.05) is 0 Å². The van der Waals surface area contributed by atoms with E-state index in [0.717, 1.165) is 12.0 Å². The van der Waals surface area contributed by atoms with Crippen LogP contribution in [0.15, 0.2) is 30.9 Å². The van der Waals surface area contributed by atoms with Crippen LogP contribution >= 0.6 is 0 Å². The summed E-state index contributed by atoms with van der Waals surface area (Å²) in [7, 11) is 0. The second-order valence-electron chi connectivity index (χ2n) is 4.36. The Morgan fingerprint density at radius 1 is 1.47 bits per heavy atom. The quantitative estimate of drug-likeness (QED) is 0.643. The van der Waals surface area contributed by atoms with Crippen molar-refractivity contribution in [3.63, 3.8) is 0 Å². The number of carboxylic acid groups (broad SMARTS) is 1. The van der Waals surface area contributed by atoms with Gasteiger partial charge in [0.15, 0.2) is 0 Å². The number of hydrogen-bond donors (Lipinski definition) is 2. The molecule has 2 amide bonds. The Bertz CT molecular complexity index is 525. The van der Waals surface area contributed by atoms with Crippen LogP contribution in [0.4, 0.5) is 10.5 Å². The lowest BCUT2D eigenvalue weighted by molar-refractivity contribution is 0.0697. The maximum absolute atomic E-state index is 12.0. The number of aromatic carboxylic acids is 1. The first-order valence-electron chi connectivity index (χ1n) is 6.16. The number of carbonyl (C=O) groups is 2. The standard InChI is InChI=1S/C14H16N2O3/c1-2-3-7-15-14(19)16-8-6-10-4-5-11(13(17)18)9-12(10)16/h2,4-5,9H,1,3,6-8H2,(H,15,19)(H,17,18). The zero-order chi connectivity index (χ0) is 13.8. The molecular weight excluding hydrogens is 244 g/mol. The summed E-state index contributed by atoms with van der Waals surface area (Å²) in [6.45, 7) is 4.71. The van der Waals surface area contributed by atoms with Crippen molar-refractivity contribution in [2.24, 2.45) is 0 Å². The number of amides is 2. The molecule has 0 saturated carbocycles. The Kier molecular flexibility index (Phi) is 3.85. The largest absolute Gasteiger partial charge is 0.478 e. The smallest absolute Gasteiger partial charge is 0.335 e. The summed E-state index contributed by atoms with van der Waals surface area (Å²) < 4.78 is 0. The molecule has 0 aromatic heterocycles. The molecule has 0 aliphatic carbocycles. The lowest BCUT2D eigenvalue weighted by atomic mass is 10.1. The van der Waals surface area contributed by atoms with Gasteiger partial charge < -0.3 is 10.4 Å². The first kappa shape index (κ1) is 13.1. The molecule has 0 saturated heterocycles. The molecule has 1 aliphatic rings. The second-order valence-corrected chi connectivity index (χ2v) is 4.36. The molecule has 1 aliphatic heterocycles. The highest BCUT2D eigenvalue weighted by Gasteiger charge is 2.25. The first-order valence-corrected chi connectivity index (χ1v) is 6.16. The Hall–Kier alpha value is -2.30. The van der Waals surface area contributed by atoms with Crippen LogP contribution in [0.2, 0.25) is 0 Å². The number of nitrogens with one attached hydrogen (secondary N) is 1. The fraction of sp³-hybridized carbons (Fsp3) is 0.286. The van der Waals surface area contributed by atoms with Crippen LogP contribution in [0.5, 0.6) is 0 Å². The van der Waals surface area contributed by atoms with Crippen molar-refractivity contribution in [3.05, 3.63) is 42.0 Å². The van der Waals surface area contributed by atoms with Gasteiger partial charge in [0.1, 0.15) is 0 Å². The fourth-order valence-electron chi connectivity index (χ4n) is 2.10. The average Bonchev–Trinajstić information content (AvgIpc) is 2.81. The van der Waals surface area contributed by atoms with Gasteiger partial charge in [-0.3, -0.25) is 4.90 Å². The number of anilines is 1. The van der Waals surface area contributed by atoms with Crippen molar-refractivity contribution in [1.82, 2.24) is 5.32 Å². The van der Waals surface area contributed by atoms with E-state index in [2.05, 4.69) is 11.9 Å². The Morgan fingerprint density at radius 3 is 2.95 bits per heavy atom. The van der Waals surface area contributed by atoms with Crippen LogP contribution in [0.25, 0.3) is 0 Å². The zero-order valence-electron chi connectivity index (χ0n) is 10.6. The van der Waals surface area contributed by atoms with Gasteiger partial charge in [0.2, 0.25) is 0 Å².